The highest BCUT2D eigenvalue weighted by Crippen LogP contribution is 2.33. The molecule has 3 nitrogen and oxygen atoms in total. The van der Waals surface area contributed by atoms with Crippen LogP contribution in [-0.2, 0) is 11.3 Å². The van der Waals surface area contributed by atoms with E-state index < -0.39 is 0 Å². The van der Waals surface area contributed by atoms with E-state index in [0.29, 0.717) is 12.6 Å². The van der Waals surface area contributed by atoms with Gasteiger partial charge in [0.25, 0.3) is 0 Å². The molecule has 17 heavy (non-hydrogen) atoms. The summed E-state index contributed by atoms with van der Waals surface area (Å²) >= 11 is 11.0. The molecule has 0 saturated carbocycles. The van der Waals surface area contributed by atoms with E-state index in [2.05, 4.69) is 33.8 Å². The molecule has 0 amide bonds. The first-order valence-electron chi connectivity index (χ1n) is 5.50. The van der Waals surface area contributed by atoms with Crippen LogP contribution in [0, 0.1) is 0 Å². The van der Waals surface area contributed by atoms with Crippen molar-refractivity contribution in [2.24, 2.45) is 0 Å². The Kier molecular flexibility index (Phi) is 4.86. The van der Waals surface area contributed by atoms with Crippen molar-refractivity contribution in [1.82, 2.24) is 4.90 Å². The minimum atomic E-state index is -0.0647. The molecule has 1 aromatic heterocycles. The Morgan fingerprint density at radius 2 is 2.47 bits per heavy atom. The van der Waals surface area contributed by atoms with Gasteiger partial charge in [0.15, 0.2) is 0 Å². The summed E-state index contributed by atoms with van der Waals surface area (Å²) in [5, 5.41) is 9.13. The Balaban J connectivity index is 2.01. The maximum absolute atomic E-state index is 9.13. The predicted octanol–water partition coefficient (Wildman–Crippen LogP) is 2.75. The molecule has 0 aromatic carbocycles. The number of aliphatic hydroxyl groups is 1. The van der Waals surface area contributed by atoms with Crippen molar-refractivity contribution < 1.29 is 9.84 Å². The van der Waals surface area contributed by atoms with Crippen molar-refractivity contribution in [1.29, 1.82) is 0 Å². The molecule has 96 valence electrons. The number of rotatable bonds is 3. The van der Waals surface area contributed by atoms with Gasteiger partial charge in [-0.2, -0.15) is 0 Å². The summed E-state index contributed by atoms with van der Waals surface area (Å²) in [5.41, 5.74) is 0. The fraction of sp³-hybridized carbons (Fsp3) is 0.636. The smallest absolute Gasteiger partial charge is 0.107 e. The Morgan fingerprint density at radius 1 is 1.71 bits per heavy atom. The van der Waals surface area contributed by atoms with Gasteiger partial charge in [-0.05, 0) is 28.9 Å². The maximum atomic E-state index is 9.13. The summed E-state index contributed by atoms with van der Waals surface area (Å²) in [6.45, 7) is 4.52. The molecule has 2 rings (SSSR count). The van der Waals surface area contributed by atoms with E-state index in [4.69, 9.17) is 21.4 Å². The Hall–Kier alpha value is 0.350. The normalized spacial score (nSPS) is 26.4. The van der Waals surface area contributed by atoms with Crippen LogP contribution in [0.4, 0.5) is 0 Å². The Labute approximate surface area is 118 Å². The zero-order valence-electron chi connectivity index (χ0n) is 9.53. The van der Waals surface area contributed by atoms with Gasteiger partial charge in [0.05, 0.1) is 19.3 Å². The van der Waals surface area contributed by atoms with Gasteiger partial charge in [0.2, 0.25) is 0 Å². The highest BCUT2D eigenvalue weighted by molar-refractivity contribution is 9.10. The lowest BCUT2D eigenvalue weighted by Gasteiger charge is -2.37. The average Bonchev–Trinajstić information content (AvgIpc) is 2.61. The van der Waals surface area contributed by atoms with Crippen molar-refractivity contribution in [3.8, 4) is 0 Å². The van der Waals surface area contributed by atoms with E-state index >= 15 is 0 Å². The standard InChI is InChI=1S/C11H15BrClNO2S/c1-7-6-16-8(5-15)3-14(7)4-9-2-10(12)11(13)17-9/h2,7-8,15H,3-6H2,1H3/t7-,8+/m0/s1. The molecule has 1 aromatic rings. The molecule has 0 aliphatic carbocycles. The first-order valence-corrected chi connectivity index (χ1v) is 7.49. The summed E-state index contributed by atoms with van der Waals surface area (Å²) in [4.78, 5) is 3.55. The van der Waals surface area contributed by atoms with Gasteiger partial charge in [0.1, 0.15) is 4.34 Å². The largest absolute Gasteiger partial charge is 0.394 e. The summed E-state index contributed by atoms with van der Waals surface area (Å²) in [6, 6.07) is 2.43. The number of aliphatic hydroxyl groups excluding tert-OH is 1. The van der Waals surface area contributed by atoms with E-state index in [1.165, 1.54) is 4.88 Å². The highest BCUT2D eigenvalue weighted by atomic mass is 79.9. The maximum Gasteiger partial charge on any atom is 0.107 e. The first-order chi connectivity index (χ1) is 8.10. The molecule has 1 saturated heterocycles. The fourth-order valence-corrected chi connectivity index (χ4v) is 3.69. The van der Waals surface area contributed by atoms with Crippen molar-refractivity contribution in [3.63, 3.8) is 0 Å². The van der Waals surface area contributed by atoms with Crippen LogP contribution in [0.3, 0.4) is 0 Å². The Morgan fingerprint density at radius 3 is 3.06 bits per heavy atom. The van der Waals surface area contributed by atoms with Crippen molar-refractivity contribution in [3.05, 3.63) is 19.8 Å². The van der Waals surface area contributed by atoms with Gasteiger partial charge in [-0.25, -0.2) is 0 Å². The summed E-state index contributed by atoms with van der Waals surface area (Å²) in [7, 11) is 0. The molecule has 6 heteroatoms. The average molecular weight is 341 g/mol. The SMILES string of the molecule is C[C@H]1CO[C@@H](CO)CN1Cc1cc(Br)c(Cl)s1. The van der Waals surface area contributed by atoms with E-state index in [0.717, 1.165) is 21.9 Å². The minimum Gasteiger partial charge on any atom is -0.394 e. The lowest BCUT2D eigenvalue weighted by molar-refractivity contribution is -0.0802. The number of halogens is 2. The summed E-state index contributed by atoms with van der Waals surface area (Å²) < 4.78 is 7.26. The van der Waals surface area contributed by atoms with Gasteiger partial charge >= 0.3 is 0 Å². The molecule has 1 fully saturated rings. The summed E-state index contributed by atoms with van der Waals surface area (Å²) in [6.07, 6.45) is -0.0647. The molecule has 1 N–H and O–H groups in total. The molecular weight excluding hydrogens is 326 g/mol. The number of hydrogen-bond donors (Lipinski definition) is 1. The zero-order chi connectivity index (χ0) is 12.4. The van der Waals surface area contributed by atoms with E-state index in [1.54, 1.807) is 11.3 Å². The first kappa shape index (κ1) is 13.8. The molecule has 1 aliphatic rings. The number of nitrogens with zero attached hydrogens (tertiary/aromatic N) is 1. The Bertz CT molecular complexity index is 368. The van der Waals surface area contributed by atoms with Gasteiger partial charge in [0, 0.05) is 28.5 Å². The number of hydrogen-bond acceptors (Lipinski definition) is 4. The molecular formula is C11H15BrClNO2S. The molecule has 0 spiro atoms. The van der Waals surface area contributed by atoms with E-state index in [-0.39, 0.29) is 12.7 Å². The van der Waals surface area contributed by atoms with Crippen LogP contribution in [0.25, 0.3) is 0 Å². The lowest BCUT2D eigenvalue weighted by Crippen LogP contribution is -2.48. The zero-order valence-corrected chi connectivity index (χ0v) is 12.7. The predicted molar refractivity (Wildman–Crippen MR) is 73.7 cm³/mol. The van der Waals surface area contributed by atoms with Crippen LogP contribution < -0.4 is 0 Å². The minimum absolute atomic E-state index is 0.0647. The van der Waals surface area contributed by atoms with Crippen molar-refractivity contribution >= 4 is 38.9 Å². The number of thiophene rings is 1. The second-order valence-electron chi connectivity index (χ2n) is 4.25. The van der Waals surface area contributed by atoms with E-state index in [9.17, 15) is 0 Å². The third kappa shape index (κ3) is 3.43. The van der Waals surface area contributed by atoms with Crippen LogP contribution in [0.1, 0.15) is 11.8 Å². The second kappa shape index (κ2) is 5.99. The van der Waals surface area contributed by atoms with Gasteiger partial charge in [-0.1, -0.05) is 11.6 Å². The lowest BCUT2D eigenvalue weighted by atomic mass is 10.2. The fourth-order valence-electron chi connectivity index (χ4n) is 1.88. The van der Waals surface area contributed by atoms with Gasteiger partial charge in [-0.15, -0.1) is 11.3 Å². The molecule has 2 heterocycles. The monoisotopic (exact) mass is 339 g/mol. The van der Waals surface area contributed by atoms with Gasteiger partial charge < -0.3 is 9.84 Å². The van der Waals surface area contributed by atoms with Crippen molar-refractivity contribution in [2.45, 2.75) is 25.6 Å². The number of morpholine rings is 1. The van der Waals surface area contributed by atoms with Crippen molar-refractivity contribution in [2.75, 3.05) is 19.8 Å². The van der Waals surface area contributed by atoms with Crippen LogP contribution >= 0.6 is 38.9 Å². The molecule has 1 aliphatic heterocycles. The summed E-state index contributed by atoms with van der Waals surface area (Å²) in [5.74, 6) is 0. The third-order valence-corrected chi connectivity index (χ3v) is 5.35. The molecule has 0 unspecified atom stereocenters. The van der Waals surface area contributed by atoms with Crippen LogP contribution in [0.5, 0.6) is 0 Å². The highest BCUT2D eigenvalue weighted by Gasteiger charge is 2.26. The van der Waals surface area contributed by atoms with Gasteiger partial charge in [-0.3, -0.25) is 4.90 Å². The molecule has 0 bridgehead atoms. The van der Waals surface area contributed by atoms with Crippen LogP contribution in [0.15, 0.2) is 10.5 Å². The van der Waals surface area contributed by atoms with Crippen LogP contribution in [0.2, 0.25) is 4.34 Å². The topological polar surface area (TPSA) is 32.7 Å². The molecule has 2 atom stereocenters. The van der Waals surface area contributed by atoms with Crippen LogP contribution in [-0.4, -0.2) is 41.9 Å². The quantitative estimate of drug-likeness (QED) is 0.918. The van der Waals surface area contributed by atoms with E-state index in [1.807, 2.05) is 0 Å². The third-order valence-electron chi connectivity index (χ3n) is 2.89. The number of ether oxygens (including phenoxy) is 1. The second-order valence-corrected chi connectivity index (χ2v) is 6.84. The molecule has 0 radical (unpaired) electrons.